The molecule has 4 aromatic carbocycles. The highest BCUT2D eigenvalue weighted by atomic mass is 16.5. The van der Waals surface area contributed by atoms with Gasteiger partial charge in [0.2, 0.25) is 0 Å². The zero-order valence-electron chi connectivity index (χ0n) is 27.8. The fourth-order valence-corrected chi connectivity index (χ4v) is 6.68. The largest absolute Gasteiger partial charge is 0.457 e. The van der Waals surface area contributed by atoms with E-state index < -0.39 is 0 Å². The van der Waals surface area contributed by atoms with Crippen LogP contribution in [0.1, 0.15) is 69.3 Å². The Hall–Kier alpha value is -5.16. The molecule has 0 spiro atoms. The van der Waals surface area contributed by atoms with Crippen LogP contribution in [-0.2, 0) is 6.42 Å². The van der Waals surface area contributed by atoms with Crippen LogP contribution in [0, 0.1) is 6.92 Å². The third-order valence-electron chi connectivity index (χ3n) is 8.96. The van der Waals surface area contributed by atoms with Crippen LogP contribution in [-0.4, -0.2) is 19.3 Å². The summed E-state index contributed by atoms with van der Waals surface area (Å²) in [5.41, 5.74) is 9.27. The van der Waals surface area contributed by atoms with E-state index in [-0.39, 0.29) is 0 Å². The first-order valence-electron chi connectivity index (χ1n) is 16.9. The van der Waals surface area contributed by atoms with E-state index in [1.807, 2.05) is 18.3 Å². The van der Waals surface area contributed by atoms with Crippen molar-refractivity contribution >= 4 is 21.8 Å². The minimum atomic E-state index is 0.293. The lowest BCUT2D eigenvalue weighted by Gasteiger charge is -2.13. The van der Waals surface area contributed by atoms with Crippen molar-refractivity contribution in [3.8, 4) is 34.1 Å². The van der Waals surface area contributed by atoms with Gasteiger partial charge < -0.3 is 4.74 Å². The molecule has 5 nitrogen and oxygen atoms in total. The Morgan fingerprint density at radius 2 is 1.51 bits per heavy atom. The predicted molar refractivity (Wildman–Crippen MR) is 194 cm³/mol. The minimum absolute atomic E-state index is 0.293. The van der Waals surface area contributed by atoms with Gasteiger partial charge in [0.1, 0.15) is 17.3 Å². The standard InChI is InChI=1S/C42H42N4O/c1-5-6-7-11-21-38-41(31-15-9-8-10-16-31)42(29(2)3)44-46(38)32-17-14-18-33(27-32)47-34-22-23-36-35-19-12-13-20-37(35)45(39(36)28-34)40-26-30(4)24-25-43-40/h8-10,12-20,22-29H,5-7,11,21H2,1-4H3. The molecule has 0 radical (unpaired) electrons. The molecule has 0 aliphatic heterocycles. The van der Waals surface area contributed by atoms with E-state index in [1.165, 1.54) is 52.4 Å². The first-order chi connectivity index (χ1) is 23.0. The maximum atomic E-state index is 6.61. The highest BCUT2D eigenvalue weighted by molar-refractivity contribution is 6.09. The van der Waals surface area contributed by atoms with E-state index in [1.54, 1.807) is 0 Å². The summed E-state index contributed by atoms with van der Waals surface area (Å²) in [6.45, 7) is 8.84. The number of nitrogens with zero attached hydrogens (tertiary/aromatic N) is 4. The molecular formula is C42H42N4O. The van der Waals surface area contributed by atoms with Crippen molar-refractivity contribution in [2.45, 2.75) is 65.7 Å². The molecule has 0 fully saturated rings. The van der Waals surface area contributed by atoms with E-state index >= 15 is 0 Å². The van der Waals surface area contributed by atoms with Crippen molar-refractivity contribution < 1.29 is 4.74 Å². The first kappa shape index (κ1) is 30.5. The Morgan fingerprint density at radius 1 is 0.723 bits per heavy atom. The van der Waals surface area contributed by atoms with Crippen LogP contribution in [0.25, 0.3) is 44.4 Å². The van der Waals surface area contributed by atoms with E-state index in [2.05, 4.69) is 134 Å². The lowest BCUT2D eigenvalue weighted by Crippen LogP contribution is -2.04. The molecule has 7 aromatic rings. The number of unbranched alkanes of at least 4 members (excludes halogenated alkanes) is 3. The molecule has 0 unspecified atom stereocenters. The number of hydrogen-bond acceptors (Lipinski definition) is 3. The number of aryl methyl sites for hydroxylation is 1. The topological polar surface area (TPSA) is 44.9 Å². The van der Waals surface area contributed by atoms with Crippen LogP contribution < -0.4 is 4.74 Å². The van der Waals surface area contributed by atoms with Gasteiger partial charge in [-0.2, -0.15) is 5.10 Å². The molecule has 0 saturated carbocycles. The smallest absolute Gasteiger partial charge is 0.137 e. The number of aromatic nitrogens is 4. The van der Waals surface area contributed by atoms with Crippen molar-refractivity contribution in [3.63, 3.8) is 0 Å². The Morgan fingerprint density at radius 3 is 2.32 bits per heavy atom. The number of rotatable bonds is 11. The SMILES string of the molecule is CCCCCCc1c(-c2ccccc2)c(C(C)C)nn1-c1cccc(Oc2ccc3c4ccccc4n(-c4cc(C)ccn4)c3c2)c1. The minimum Gasteiger partial charge on any atom is -0.457 e. The maximum Gasteiger partial charge on any atom is 0.137 e. The van der Waals surface area contributed by atoms with Crippen molar-refractivity contribution in [2.75, 3.05) is 0 Å². The molecule has 0 N–H and O–H groups in total. The molecule has 3 heterocycles. The van der Waals surface area contributed by atoms with Gasteiger partial charge in [0.15, 0.2) is 0 Å². The fourth-order valence-electron chi connectivity index (χ4n) is 6.68. The summed E-state index contributed by atoms with van der Waals surface area (Å²) in [6.07, 6.45) is 7.67. The quantitative estimate of drug-likeness (QED) is 0.136. The molecule has 0 aliphatic carbocycles. The molecule has 5 heteroatoms. The normalized spacial score (nSPS) is 11.6. The van der Waals surface area contributed by atoms with Gasteiger partial charge in [-0.1, -0.05) is 94.6 Å². The molecule has 0 aliphatic rings. The van der Waals surface area contributed by atoms with Crippen LogP contribution >= 0.6 is 0 Å². The number of pyridine rings is 1. The van der Waals surface area contributed by atoms with E-state index in [0.29, 0.717) is 5.92 Å². The summed E-state index contributed by atoms with van der Waals surface area (Å²) in [6, 6.07) is 38.1. The Kier molecular flexibility index (Phi) is 8.62. The Balaban J connectivity index is 1.29. The number of para-hydroxylation sites is 1. The third kappa shape index (κ3) is 6.06. The number of ether oxygens (including phenoxy) is 1. The second-order valence-corrected chi connectivity index (χ2v) is 12.8. The molecule has 0 bridgehead atoms. The van der Waals surface area contributed by atoms with E-state index in [0.717, 1.165) is 52.6 Å². The van der Waals surface area contributed by atoms with Gasteiger partial charge in [-0.25, -0.2) is 9.67 Å². The van der Waals surface area contributed by atoms with E-state index in [4.69, 9.17) is 14.8 Å². The van der Waals surface area contributed by atoms with Crippen molar-refractivity contribution in [1.82, 2.24) is 19.3 Å². The monoisotopic (exact) mass is 618 g/mol. The van der Waals surface area contributed by atoms with Crippen molar-refractivity contribution in [2.24, 2.45) is 0 Å². The highest BCUT2D eigenvalue weighted by Crippen LogP contribution is 2.37. The Bertz CT molecular complexity index is 2160. The summed E-state index contributed by atoms with van der Waals surface area (Å²) in [4.78, 5) is 4.74. The van der Waals surface area contributed by atoms with E-state index in [9.17, 15) is 0 Å². The van der Waals surface area contributed by atoms with Gasteiger partial charge in [0.05, 0.1) is 28.1 Å². The fraction of sp³-hybridized carbons (Fsp3) is 0.238. The maximum absolute atomic E-state index is 6.61. The highest BCUT2D eigenvalue weighted by Gasteiger charge is 2.22. The zero-order valence-corrected chi connectivity index (χ0v) is 27.8. The van der Waals surface area contributed by atoms with Crippen molar-refractivity contribution in [3.05, 3.63) is 132 Å². The summed E-state index contributed by atoms with van der Waals surface area (Å²) in [7, 11) is 0. The van der Waals surface area contributed by atoms with Crippen LogP contribution in [0.5, 0.6) is 11.5 Å². The Labute approximate surface area is 277 Å². The lowest BCUT2D eigenvalue weighted by atomic mass is 9.95. The number of benzene rings is 4. The molecule has 236 valence electrons. The molecule has 7 rings (SSSR count). The lowest BCUT2D eigenvalue weighted by molar-refractivity contribution is 0.482. The van der Waals surface area contributed by atoms with Gasteiger partial charge >= 0.3 is 0 Å². The predicted octanol–water partition coefficient (Wildman–Crippen LogP) is 11.4. The van der Waals surface area contributed by atoms with Crippen LogP contribution in [0.3, 0.4) is 0 Å². The summed E-state index contributed by atoms with van der Waals surface area (Å²) in [5.74, 6) is 2.75. The third-order valence-corrected chi connectivity index (χ3v) is 8.96. The summed E-state index contributed by atoms with van der Waals surface area (Å²) < 4.78 is 11.0. The van der Waals surface area contributed by atoms with Gasteiger partial charge in [-0.15, -0.1) is 0 Å². The summed E-state index contributed by atoms with van der Waals surface area (Å²) >= 11 is 0. The number of fused-ring (bicyclic) bond motifs is 3. The average molecular weight is 619 g/mol. The molecular weight excluding hydrogens is 576 g/mol. The van der Waals surface area contributed by atoms with Crippen LogP contribution in [0.2, 0.25) is 0 Å². The number of hydrogen-bond donors (Lipinski definition) is 0. The van der Waals surface area contributed by atoms with Gasteiger partial charge in [-0.05, 0) is 79.3 Å². The van der Waals surface area contributed by atoms with Gasteiger partial charge in [0.25, 0.3) is 0 Å². The van der Waals surface area contributed by atoms with Crippen LogP contribution in [0.15, 0.2) is 115 Å². The molecule has 3 aromatic heterocycles. The second kappa shape index (κ2) is 13.3. The van der Waals surface area contributed by atoms with Gasteiger partial charge in [0, 0.05) is 34.7 Å². The molecule has 0 atom stereocenters. The molecule has 0 amide bonds. The van der Waals surface area contributed by atoms with Crippen LogP contribution in [0.4, 0.5) is 0 Å². The first-order valence-corrected chi connectivity index (χ1v) is 16.9. The second-order valence-electron chi connectivity index (χ2n) is 12.8. The average Bonchev–Trinajstić information content (AvgIpc) is 3.63. The molecule has 47 heavy (non-hydrogen) atoms. The van der Waals surface area contributed by atoms with Gasteiger partial charge in [-0.3, -0.25) is 4.57 Å². The summed E-state index contributed by atoms with van der Waals surface area (Å²) in [5, 5.41) is 7.64. The molecule has 0 saturated heterocycles. The zero-order chi connectivity index (χ0) is 32.3. The van der Waals surface area contributed by atoms with Crippen molar-refractivity contribution in [1.29, 1.82) is 0 Å².